The Hall–Kier alpha value is 0.699. The van der Waals surface area contributed by atoms with Crippen molar-refractivity contribution in [2.45, 2.75) is 79.1 Å². The molecule has 0 heterocycles. The van der Waals surface area contributed by atoms with Gasteiger partial charge in [0, 0.05) is 26.2 Å². The molecule has 0 saturated carbocycles. The van der Waals surface area contributed by atoms with Gasteiger partial charge in [-0.05, 0) is 25.7 Å². The third kappa shape index (κ3) is 22.7. The Morgan fingerprint density at radius 3 is 0.923 bits per heavy atom. The van der Waals surface area contributed by atoms with Crippen LogP contribution in [0.25, 0.3) is 0 Å². The zero-order valence-electron chi connectivity index (χ0n) is 16.8. The van der Waals surface area contributed by atoms with E-state index in [0.29, 0.717) is 8.64 Å². The van der Waals surface area contributed by atoms with Gasteiger partial charge < -0.3 is 65.0 Å². The molecule has 2 N–H and O–H groups in total. The van der Waals surface area contributed by atoms with Gasteiger partial charge >= 0.3 is 17.1 Å². The molecule has 0 saturated heterocycles. The molecular weight excluding hydrogens is 452 g/mol. The zero-order valence-corrected chi connectivity index (χ0v) is 21.0. The molecular formula is C18H38CuN2OS4. The standard InChI is InChI=1S/2C9H19NS2.Cu.H2O/c2*1-3-5-7-10(9(11)12)8-6-4-2;;/h2*3-8H2,1-2H3,(H,11,12);;1H2/q;;+2;/p-2. The summed E-state index contributed by atoms with van der Waals surface area (Å²) in [5.41, 5.74) is 0. The van der Waals surface area contributed by atoms with Crippen LogP contribution in [0.1, 0.15) is 79.1 Å². The van der Waals surface area contributed by atoms with Crippen LogP contribution in [0.2, 0.25) is 0 Å². The summed E-state index contributed by atoms with van der Waals surface area (Å²) in [5.74, 6) is 0. The monoisotopic (exact) mass is 489 g/mol. The Kier molecular flexibility index (Phi) is 33.8. The molecule has 0 spiro atoms. The summed E-state index contributed by atoms with van der Waals surface area (Å²) in [7, 11) is 0. The Bertz CT molecular complexity index is 278. The van der Waals surface area contributed by atoms with Crippen molar-refractivity contribution >= 4 is 58.3 Å². The van der Waals surface area contributed by atoms with Gasteiger partial charge in [0.2, 0.25) is 0 Å². The minimum Gasteiger partial charge on any atom is -0.412 e. The van der Waals surface area contributed by atoms with Gasteiger partial charge in [0.1, 0.15) is 0 Å². The summed E-state index contributed by atoms with van der Waals surface area (Å²) in [6.07, 6.45) is 9.62. The van der Waals surface area contributed by atoms with Crippen molar-refractivity contribution in [1.82, 2.24) is 9.80 Å². The SMILES string of the molecule is CCCCN(CCCC)C(=S)[S-].CCCCN(CCCC)C(=S)[S-].O.[Cu+2]. The summed E-state index contributed by atoms with van der Waals surface area (Å²) in [4.78, 5) is 4.27. The van der Waals surface area contributed by atoms with Gasteiger partial charge in [0.05, 0.1) is 0 Å². The van der Waals surface area contributed by atoms with Gasteiger partial charge in [-0.25, -0.2) is 0 Å². The Morgan fingerprint density at radius 1 is 0.615 bits per heavy atom. The van der Waals surface area contributed by atoms with Crippen LogP contribution in [-0.4, -0.2) is 50.1 Å². The van der Waals surface area contributed by atoms with Crippen molar-refractivity contribution in [3.05, 3.63) is 0 Å². The van der Waals surface area contributed by atoms with E-state index in [1.54, 1.807) is 0 Å². The molecule has 161 valence electrons. The summed E-state index contributed by atoms with van der Waals surface area (Å²) in [6, 6.07) is 0. The molecule has 0 aromatic heterocycles. The van der Waals surface area contributed by atoms with Crippen LogP contribution in [0.5, 0.6) is 0 Å². The molecule has 0 atom stereocenters. The second kappa shape index (κ2) is 25.7. The van der Waals surface area contributed by atoms with Crippen LogP contribution in [-0.2, 0) is 42.3 Å². The maximum Gasteiger partial charge on any atom is 2.00 e. The maximum atomic E-state index is 4.98. The first kappa shape index (κ1) is 34.2. The number of rotatable bonds is 12. The molecule has 0 aliphatic carbocycles. The average Bonchev–Trinajstić information content (AvgIpc) is 2.55. The molecule has 0 rings (SSSR count). The van der Waals surface area contributed by atoms with Crippen molar-refractivity contribution in [3.8, 4) is 0 Å². The van der Waals surface area contributed by atoms with Crippen LogP contribution in [0.4, 0.5) is 0 Å². The summed E-state index contributed by atoms with van der Waals surface area (Å²) in [6.45, 7) is 12.9. The summed E-state index contributed by atoms with van der Waals surface area (Å²) < 4.78 is 1.27. The van der Waals surface area contributed by atoms with Gasteiger partial charge in [0.25, 0.3) is 0 Å². The first-order valence-corrected chi connectivity index (χ1v) is 11.0. The molecule has 1 radical (unpaired) electrons. The maximum absolute atomic E-state index is 4.98. The van der Waals surface area contributed by atoms with E-state index in [9.17, 15) is 0 Å². The number of hydrogen-bond donors (Lipinski definition) is 0. The number of nitrogens with zero attached hydrogens (tertiary/aromatic N) is 2. The predicted octanol–water partition coefficient (Wildman–Crippen LogP) is 4.61. The van der Waals surface area contributed by atoms with Crippen molar-refractivity contribution < 1.29 is 22.5 Å². The van der Waals surface area contributed by atoms with Gasteiger partial charge in [-0.3, -0.25) is 0 Å². The molecule has 0 aromatic carbocycles. The first-order valence-electron chi connectivity index (χ1n) is 9.36. The van der Waals surface area contributed by atoms with E-state index in [-0.39, 0.29) is 22.5 Å². The Balaban J connectivity index is -0.000000173. The van der Waals surface area contributed by atoms with Crippen molar-refractivity contribution in [3.63, 3.8) is 0 Å². The molecule has 0 aromatic rings. The number of unbranched alkanes of at least 4 members (excludes halogenated alkanes) is 4. The number of hydrogen-bond acceptors (Lipinski definition) is 4. The Morgan fingerprint density at radius 2 is 0.808 bits per heavy atom. The van der Waals surface area contributed by atoms with E-state index in [1.165, 1.54) is 51.4 Å². The fraction of sp³-hybridized carbons (Fsp3) is 0.889. The predicted molar refractivity (Wildman–Crippen MR) is 126 cm³/mol. The van der Waals surface area contributed by atoms with Gasteiger partial charge in [-0.15, -0.1) is 0 Å². The molecule has 0 bridgehead atoms. The molecule has 26 heavy (non-hydrogen) atoms. The summed E-state index contributed by atoms with van der Waals surface area (Å²) >= 11 is 19.9. The van der Waals surface area contributed by atoms with Crippen LogP contribution in [0.15, 0.2) is 0 Å². The topological polar surface area (TPSA) is 38.0 Å². The van der Waals surface area contributed by atoms with Crippen LogP contribution in [0, 0.1) is 0 Å². The molecule has 0 aliphatic rings. The van der Waals surface area contributed by atoms with Crippen molar-refractivity contribution in [2.24, 2.45) is 0 Å². The van der Waals surface area contributed by atoms with E-state index < -0.39 is 0 Å². The van der Waals surface area contributed by atoms with Gasteiger partial charge in [-0.1, -0.05) is 62.0 Å². The van der Waals surface area contributed by atoms with E-state index in [4.69, 9.17) is 49.7 Å². The second-order valence-electron chi connectivity index (χ2n) is 5.92. The normalized spacial score (nSPS) is 9.08. The fourth-order valence-electron chi connectivity index (χ4n) is 1.98. The minimum atomic E-state index is 0. The molecule has 0 aliphatic heterocycles. The molecule has 8 heteroatoms. The second-order valence-corrected chi connectivity index (χ2v) is 7.98. The van der Waals surface area contributed by atoms with E-state index in [2.05, 4.69) is 37.5 Å². The third-order valence-electron chi connectivity index (χ3n) is 3.64. The average molecular weight is 490 g/mol. The van der Waals surface area contributed by atoms with E-state index >= 15 is 0 Å². The molecule has 0 fully saturated rings. The Labute approximate surface area is 195 Å². The van der Waals surface area contributed by atoms with Crippen LogP contribution in [0.3, 0.4) is 0 Å². The summed E-state index contributed by atoms with van der Waals surface area (Å²) in [5, 5.41) is 0. The molecule has 0 unspecified atom stereocenters. The van der Waals surface area contributed by atoms with Gasteiger partial charge in [-0.2, -0.15) is 0 Å². The fourth-order valence-corrected chi connectivity index (χ4v) is 2.71. The molecule has 3 nitrogen and oxygen atoms in total. The van der Waals surface area contributed by atoms with E-state index in [1.807, 2.05) is 0 Å². The molecule has 0 amide bonds. The largest absolute Gasteiger partial charge is 2.00 e. The third-order valence-corrected chi connectivity index (χ3v) is 4.68. The van der Waals surface area contributed by atoms with E-state index in [0.717, 1.165) is 26.2 Å². The zero-order chi connectivity index (χ0) is 18.8. The number of thiocarbonyl (C=S) groups is 2. The first-order chi connectivity index (χ1) is 11.4. The van der Waals surface area contributed by atoms with Crippen LogP contribution >= 0.6 is 24.4 Å². The van der Waals surface area contributed by atoms with Crippen molar-refractivity contribution in [1.29, 1.82) is 0 Å². The van der Waals surface area contributed by atoms with Gasteiger partial charge in [0.15, 0.2) is 0 Å². The smallest absolute Gasteiger partial charge is 0.412 e. The minimum absolute atomic E-state index is 0. The van der Waals surface area contributed by atoms with Crippen molar-refractivity contribution in [2.75, 3.05) is 26.2 Å². The van der Waals surface area contributed by atoms with Crippen LogP contribution < -0.4 is 0 Å². The quantitative estimate of drug-likeness (QED) is 0.226.